The largest absolute Gasteiger partial charge is 0.385 e. The Hall–Kier alpha value is -1.95. The van der Waals surface area contributed by atoms with Gasteiger partial charge in [0.2, 0.25) is 0 Å². The van der Waals surface area contributed by atoms with E-state index in [9.17, 15) is 9.50 Å². The molecule has 1 heterocycles. The summed E-state index contributed by atoms with van der Waals surface area (Å²) in [5.74, 6) is -0.414. The Morgan fingerprint density at radius 2 is 2.16 bits per heavy atom. The molecule has 6 heteroatoms. The van der Waals surface area contributed by atoms with E-state index in [1.54, 1.807) is 0 Å². The Labute approximate surface area is 111 Å². The third-order valence-corrected chi connectivity index (χ3v) is 3.23. The minimum Gasteiger partial charge on any atom is -0.385 e. The van der Waals surface area contributed by atoms with Crippen molar-refractivity contribution in [3.63, 3.8) is 0 Å². The molecule has 1 unspecified atom stereocenters. The van der Waals surface area contributed by atoms with Crippen LogP contribution in [0.3, 0.4) is 0 Å². The molecule has 4 N–H and O–H groups in total. The zero-order valence-corrected chi connectivity index (χ0v) is 10.5. The molecule has 1 saturated heterocycles. The van der Waals surface area contributed by atoms with Gasteiger partial charge in [0.25, 0.3) is 0 Å². The van der Waals surface area contributed by atoms with Crippen LogP contribution in [0.4, 0.5) is 10.1 Å². The number of nitrogens with zero attached hydrogens (tertiary/aromatic N) is 2. The number of hydrogen-bond donors (Lipinski definition) is 3. The highest BCUT2D eigenvalue weighted by Gasteiger charge is 2.22. The summed E-state index contributed by atoms with van der Waals surface area (Å²) < 4.78 is 13.4. The maximum absolute atomic E-state index is 13.4. The van der Waals surface area contributed by atoms with Crippen LogP contribution in [-0.2, 0) is 0 Å². The van der Waals surface area contributed by atoms with Crippen molar-refractivity contribution in [3.8, 4) is 0 Å². The second-order valence-electron chi connectivity index (χ2n) is 4.48. The summed E-state index contributed by atoms with van der Waals surface area (Å²) in [7, 11) is 0. The highest BCUT2D eigenvalue weighted by molar-refractivity contribution is 5.92. The van der Waals surface area contributed by atoms with Crippen LogP contribution in [0.1, 0.15) is 24.5 Å². The van der Waals surface area contributed by atoms with Crippen LogP contribution in [-0.4, -0.2) is 30.4 Å². The van der Waals surface area contributed by atoms with Crippen molar-refractivity contribution in [2.45, 2.75) is 18.9 Å². The predicted octanol–water partition coefficient (Wildman–Crippen LogP) is 1.42. The van der Waals surface area contributed by atoms with E-state index >= 15 is 0 Å². The number of aliphatic hydroxyl groups excluding tert-OH is 1. The molecule has 1 atom stereocenters. The topological polar surface area (TPSA) is 85.7 Å². The normalized spacial score (nSPS) is 17.6. The van der Waals surface area contributed by atoms with Crippen molar-refractivity contribution < 1.29 is 9.50 Å². The third-order valence-electron chi connectivity index (χ3n) is 3.23. The van der Waals surface area contributed by atoms with Crippen LogP contribution in [0.2, 0.25) is 0 Å². The average Bonchev–Trinajstić information content (AvgIpc) is 2.92. The smallest absolute Gasteiger partial charge is 0.138 e. The van der Waals surface area contributed by atoms with Gasteiger partial charge in [-0.1, -0.05) is 6.07 Å². The molecule has 1 aliphatic heterocycles. The lowest BCUT2D eigenvalue weighted by Gasteiger charge is -2.23. The number of nitrogens with two attached hydrogens (primary N) is 1. The molecular formula is C13H17FN4O. The molecule has 5 nitrogen and oxygen atoms in total. The van der Waals surface area contributed by atoms with Crippen LogP contribution in [0.15, 0.2) is 23.2 Å². The summed E-state index contributed by atoms with van der Waals surface area (Å²) in [5, 5.41) is 17.0. The van der Waals surface area contributed by atoms with Crippen LogP contribution in [0, 0.1) is 11.2 Å². The standard InChI is InChI=1S/C13H17FN4O/c14-9-3-4-10(12(19)13(16)17-8-15)11(7-9)18-5-1-2-6-18/h3-4,7-8,12,19H,1-2,5-6H2,(H3,15,16,17). The minimum absolute atomic E-state index is 0.0675. The first-order valence-electron chi connectivity index (χ1n) is 6.18. The van der Waals surface area contributed by atoms with Crippen molar-refractivity contribution in [1.82, 2.24) is 0 Å². The molecule has 0 aliphatic carbocycles. The summed E-state index contributed by atoms with van der Waals surface area (Å²) in [6, 6.07) is 4.21. The lowest BCUT2D eigenvalue weighted by atomic mass is 10.1. The van der Waals surface area contributed by atoms with Gasteiger partial charge in [-0.25, -0.2) is 9.38 Å². The van der Waals surface area contributed by atoms with Gasteiger partial charge in [-0.2, -0.15) is 0 Å². The van der Waals surface area contributed by atoms with Crippen LogP contribution < -0.4 is 10.6 Å². The van der Waals surface area contributed by atoms with Crippen molar-refractivity contribution in [2.24, 2.45) is 10.7 Å². The molecule has 1 aromatic carbocycles. The zero-order chi connectivity index (χ0) is 13.8. The van der Waals surface area contributed by atoms with Gasteiger partial charge in [0.15, 0.2) is 0 Å². The van der Waals surface area contributed by atoms with E-state index in [2.05, 4.69) is 4.99 Å². The number of aliphatic hydroxyl groups is 1. The lowest BCUT2D eigenvalue weighted by molar-refractivity contribution is 0.246. The summed E-state index contributed by atoms with van der Waals surface area (Å²) in [6.45, 7) is 1.68. The Kier molecular flexibility index (Phi) is 4.11. The van der Waals surface area contributed by atoms with E-state index < -0.39 is 6.10 Å². The number of rotatable bonds is 4. The predicted molar refractivity (Wildman–Crippen MR) is 73.2 cm³/mol. The van der Waals surface area contributed by atoms with E-state index in [0.717, 1.165) is 32.3 Å². The van der Waals surface area contributed by atoms with Gasteiger partial charge in [0.1, 0.15) is 24.1 Å². The summed E-state index contributed by atoms with van der Waals surface area (Å²) in [5.41, 5.74) is 6.77. The first-order chi connectivity index (χ1) is 9.13. The summed E-state index contributed by atoms with van der Waals surface area (Å²) >= 11 is 0. The second-order valence-corrected chi connectivity index (χ2v) is 4.48. The van der Waals surface area contributed by atoms with Gasteiger partial charge in [-0.3, -0.25) is 5.41 Å². The highest BCUT2D eigenvalue weighted by atomic mass is 19.1. The minimum atomic E-state index is -1.13. The first kappa shape index (κ1) is 13.5. The monoisotopic (exact) mass is 264 g/mol. The fraction of sp³-hybridized carbons (Fsp3) is 0.385. The molecule has 0 amide bonds. The number of benzene rings is 1. The van der Waals surface area contributed by atoms with Gasteiger partial charge in [0.05, 0.1) is 0 Å². The third kappa shape index (κ3) is 2.90. The van der Waals surface area contributed by atoms with Crippen molar-refractivity contribution in [3.05, 3.63) is 29.6 Å². The molecular weight excluding hydrogens is 247 g/mol. The van der Waals surface area contributed by atoms with Crippen molar-refractivity contribution >= 4 is 17.9 Å². The number of hydrogen-bond acceptors (Lipinski definition) is 3. The van der Waals surface area contributed by atoms with Crippen LogP contribution in [0.25, 0.3) is 0 Å². The Bertz CT molecular complexity index is 497. The molecule has 2 rings (SSSR count). The van der Waals surface area contributed by atoms with E-state index in [1.165, 1.54) is 18.2 Å². The first-order valence-corrected chi connectivity index (χ1v) is 6.18. The van der Waals surface area contributed by atoms with E-state index in [-0.39, 0.29) is 11.7 Å². The second kappa shape index (κ2) is 5.79. The van der Waals surface area contributed by atoms with E-state index in [4.69, 9.17) is 11.1 Å². The molecule has 19 heavy (non-hydrogen) atoms. The van der Waals surface area contributed by atoms with E-state index in [1.807, 2.05) is 4.90 Å². The molecule has 1 aromatic rings. The van der Waals surface area contributed by atoms with Crippen molar-refractivity contribution in [2.75, 3.05) is 18.0 Å². The number of halogens is 1. The lowest BCUT2D eigenvalue weighted by Crippen LogP contribution is -2.26. The Morgan fingerprint density at radius 1 is 1.47 bits per heavy atom. The molecule has 102 valence electrons. The maximum atomic E-state index is 13.4. The van der Waals surface area contributed by atoms with Crippen LogP contribution in [0.5, 0.6) is 0 Å². The number of anilines is 1. The quantitative estimate of drug-likeness (QED) is 0.568. The van der Waals surface area contributed by atoms with Crippen LogP contribution >= 0.6 is 0 Å². The van der Waals surface area contributed by atoms with E-state index in [0.29, 0.717) is 11.3 Å². The Morgan fingerprint density at radius 3 is 2.79 bits per heavy atom. The average molecular weight is 264 g/mol. The summed E-state index contributed by atoms with van der Waals surface area (Å²) in [4.78, 5) is 5.59. The fourth-order valence-corrected chi connectivity index (χ4v) is 2.28. The molecule has 0 saturated carbocycles. The molecule has 0 aromatic heterocycles. The van der Waals surface area contributed by atoms with Crippen molar-refractivity contribution in [1.29, 1.82) is 5.41 Å². The van der Waals surface area contributed by atoms with Gasteiger partial charge in [0, 0.05) is 24.3 Å². The molecule has 0 bridgehead atoms. The van der Waals surface area contributed by atoms with Gasteiger partial charge < -0.3 is 15.7 Å². The SMILES string of the molecule is N=CN=C(N)C(O)c1ccc(F)cc1N1CCCC1. The fourth-order valence-electron chi connectivity index (χ4n) is 2.28. The number of nitrogens with one attached hydrogen (secondary N) is 1. The maximum Gasteiger partial charge on any atom is 0.138 e. The van der Waals surface area contributed by atoms with Gasteiger partial charge in [-0.05, 0) is 25.0 Å². The number of amidine groups is 1. The highest BCUT2D eigenvalue weighted by Crippen LogP contribution is 2.30. The molecule has 1 fully saturated rings. The zero-order valence-electron chi connectivity index (χ0n) is 10.5. The number of aliphatic imine (C=N–C) groups is 1. The molecule has 1 aliphatic rings. The van der Waals surface area contributed by atoms with Gasteiger partial charge in [-0.15, -0.1) is 0 Å². The molecule has 0 spiro atoms. The molecule has 0 radical (unpaired) electrons. The summed E-state index contributed by atoms with van der Waals surface area (Å²) in [6.07, 6.45) is 1.75. The Balaban J connectivity index is 2.38. The van der Waals surface area contributed by atoms with Gasteiger partial charge >= 0.3 is 0 Å².